The maximum Gasteiger partial charge on any atom is 0.326 e. The van der Waals surface area contributed by atoms with Crippen molar-refractivity contribution in [3.63, 3.8) is 0 Å². The lowest BCUT2D eigenvalue weighted by molar-refractivity contribution is -0.143. The Morgan fingerprint density at radius 1 is 1.37 bits per heavy atom. The highest BCUT2D eigenvalue weighted by Crippen LogP contribution is 2.22. The molecule has 0 aliphatic carbocycles. The molecule has 1 aliphatic heterocycles. The summed E-state index contributed by atoms with van der Waals surface area (Å²) in [5.41, 5.74) is 0. The minimum atomic E-state index is -0.963. The van der Waals surface area contributed by atoms with Crippen molar-refractivity contribution in [2.45, 2.75) is 46.1 Å². The van der Waals surface area contributed by atoms with Gasteiger partial charge in [0, 0.05) is 6.42 Å². The number of hydrogen-bond donors (Lipinski definition) is 3. The van der Waals surface area contributed by atoms with Gasteiger partial charge in [-0.05, 0) is 43.7 Å². The van der Waals surface area contributed by atoms with E-state index in [0.717, 1.165) is 25.9 Å². The van der Waals surface area contributed by atoms with Crippen LogP contribution in [0.2, 0.25) is 0 Å². The Morgan fingerprint density at radius 2 is 2.05 bits per heavy atom. The van der Waals surface area contributed by atoms with Crippen LogP contribution in [0.3, 0.4) is 0 Å². The van der Waals surface area contributed by atoms with Crippen LogP contribution in [0, 0.1) is 17.8 Å². The van der Waals surface area contributed by atoms with Crippen LogP contribution in [0.4, 0.5) is 0 Å². The number of piperidine rings is 1. The molecule has 0 spiro atoms. The van der Waals surface area contributed by atoms with Gasteiger partial charge in [-0.15, -0.1) is 0 Å². The van der Waals surface area contributed by atoms with Gasteiger partial charge >= 0.3 is 5.97 Å². The van der Waals surface area contributed by atoms with Crippen LogP contribution >= 0.6 is 0 Å². The molecule has 5 heteroatoms. The van der Waals surface area contributed by atoms with Gasteiger partial charge in [0.15, 0.2) is 0 Å². The molecule has 2 unspecified atom stereocenters. The summed E-state index contributed by atoms with van der Waals surface area (Å²) < 4.78 is 0. The molecule has 0 saturated carbocycles. The standard InChI is InChI=1S/C14H26N2O3/c1-9(2)13(14(18)19)16-12(17)7-10(3)11-5-4-6-15-8-11/h9-11,13,15H,4-8H2,1-3H3,(H,16,17)(H,18,19)/t10?,11?,13-/m0/s1. The van der Waals surface area contributed by atoms with E-state index in [9.17, 15) is 9.59 Å². The molecule has 0 bridgehead atoms. The third kappa shape index (κ3) is 5.19. The lowest BCUT2D eigenvalue weighted by Crippen LogP contribution is -2.45. The Balaban J connectivity index is 2.42. The van der Waals surface area contributed by atoms with Crippen molar-refractivity contribution in [2.75, 3.05) is 13.1 Å². The van der Waals surface area contributed by atoms with Crippen molar-refractivity contribution >= 4 is 11.9 Å². The molecule has 0 aromatic rings. The summed E-state index contributed by atoms with van der Waals surface area (Å²) in [7, 11) is 0. The number of nitrogens with one attached hydrogen (secondary N) is 2. The molecule has 1 amide bonds. The van der Waals surface area contributed by atoms with Crippen LogP contribution in [0.15, 0.2) is 0 Å². The minimum absolute atomic E-state index is 0.104. The highest BCUT2D eigenvalue weighted by atomic mass is 16.4. The Labute approximate surface area is 115 Å². The van der Waals surface area contributed by atoms with E-state index in [1.165, 1.54) is 0 Å². The van der Waals surface area contributed by atoms with E-state index in [-0.39, 0.29) is 17.7 Å². The zero-order chi connectivity index (χ0) is 14.4. The average Bonchev–Trinajstić information content (AvgIpc) is 2.36. The number of aliphatic carboxylic acids is 1. The average molecular weight is 270 g/mol. The summed E-state index contributed by atoms with van der Waals surface area (Å²) >= 11 is 0. The first-order valence-electron chi connectivity index (χ1n) is 7.14. The van der Waals surface area contributed by atoms with Crippen LogP contribution in [-0.4, -0.2) is 36.1 Å². The van der Waals surface area contributed by atoms with E-state index in [1.54, 1.807) is 13.8 Å². The van der Waals surface area contributed by atoms with Gasteiger partial charge in [-0.1, -0.05) is 20.8 Å². The quantitative estimate of drug-likeness (QED) is 0.678. The second-order valence-corrected chi connectivity index (χ2v) is 5.92. The Bertz CT molecular complexity index is 312. The topological polar surface area (TPSA) is 78.4 Å². The smallest absolute Gasteiger partial charge is 0.326 e. The van der Waals surface area contributed by atoms with Gasteiger partial charge in [0.2, 0.25) is 5.91 Å². The van der Waals surface area contributed by atoms with Gasteiger partial charge in [0.1, 0.15) is 6.04 Å². The van der Waals surface area contributed by atoms with E-state index in [1.807, 2.05) is 0 Å². The molecule has 1 heterocycles. The molecule has 1 aliphatic rings. The molecule has 5 nitrogen and oxygen atoms in total. The molecule has 3 N–H and O–H groups in total. The predicted octanol–water partition coefficient (Wildman–Crippen LogP) is 1.24. The number of hydrogen-bond acceptors (Lipinski definition) is 3. The van der Waals surface area contributed by atoms with Crippen LogP contribution in [0.1, 0.15) is 40.0 Å². The van der Waals surface area contributed by atoms with E-state index >= 15 is 0 Å². The molecule has 19 heavy (non-hydrogen) atoms. The normalized spacial score (nSPS) is 22.8. The summed E-state index contributed by atoms with van der Waals surface area (Å²) in [5, 5.41) is 15.0. The number of rotatable bonds is 6. The summed E-state index contributed by atoms with van der Waals surface area (Å²) in [6, 6.07) is -0.788. The summed E-state index contributed by atoms with van der Waals surface area (Å²) in [5.74, 6) is -0.418. The van der Waals surface area contributed by atoms with Gasteiger partial charge in [-0.3, -0.25) is 4.79 Å². The third-order valence-electron chi connectivity index (χ3n) is 3.90. The minimum Gasteiger partial charge on any atom is -0.480 e. The SMILES string of the molecule is CC(CC(=O)N[C@H](C(=O)O)C(C)C)C1CCCNC1. The van der Waals surface area contributed by atoms with Crippen LogP contribution < -0.4 is 10.6 Å². The zero-order valence-electron chi connectivity index (χ0n) is 12.1. The molecular weight excluding hydrogens is 244 g/mol. The number of carboxylic acid groups (broad SMARTS) is 1. The van der Waals surface area contributed by atoms with Crippen LogP contribution in [-0.2, 0) is 9.59 Å². The van der Waals surface area contributed by atoms with Gasteiger partial charge in [0.25, 0.3) is 0 Å². The van der Waals surface area contributed by atoms with Gasteiger partial charge < -0.3 is 15.7 Å². The van der Waals surface area contributed by atoms with Crippen LogP contribution in [0.5, 0.6) is 0 Å². The fourth-order valence-corrected chi connectivity index (χ4v) is 2.57. The predicted molar refractivity (Wildman–Crippen MR) is 73.8 cm³/mol. The molecular formula is C14H26N2O3. The number of carbonyl (C=O) groups is 2. The van der Waals surface area contributed by atoms with Gasteiger partial charge in [-0.2, -0.15) is 0 Å². The summed E-state index contributed by atoms with van der Waals surface area (Å²) in [4.78, 5) is 23.0. The van der Waals surface area contributed by atoms with Crippen molar-refractivity contribution in [1.82, 2.24) is 10.6 Å². The molecule has 0 radical (unpaired) electrons. The Kier molecular flexibility index (Phi) is 6.28. The third-order valence-corrected chi connectivity index (χ3v) is 3.90. The molecule has 0 aromatic carbocycles. The number of carboxylic acids is 1. The molecule has 110 valence electrons. The molecule has 0 aromatic heterocycles. The first-order valence-corrected chi connectivity index (χ1v) is 7.14. The van der Waals surface area contributed by atoms with Crippen molar-refractivity contribution in [2.24, 2.45) is 17.8 Å². The molecule has 1 fully saturated rings. The van der Waals surface area contributed by atoms with Crippen molar-refractivity contribution in [3.8, 4) is 0 Å². The van der Waals surface area contributed by atoms with Crippen LogP contribution in [0.25, 0.3) is 0 Å². The number of amides is 1. The second kappa shape index (κ2) is 7.48. The first-order chi connectivity index (χ1) is 8.91. The van der Waals surface area contributed by atoms with E-state index in [4.69, 9.17) is 5.11 Å². The maximum atomic E-state index is 11.9. The van der Waals surface area contributed by atoms with Gasteiger partial charge in [0.05, 0.1) is 0 Å². The molecule has 1 saturated heterocycles. The van der Waals surface area contributed by atoms with Crippen molar-refractivity contribution in [1.29, 1.82) is 0 Å². The van der Waals surface area contributed by atoms with Gasteiger partial charge in [-0.25, -0.2) is 4.79 Å². The maximum absolute atomic E-state index is 11.9. The fraction of sp³-hybridized carbons (Fsp3) is 0.857. The van der Waals surface area contributed by atoms with Crippen molar-refractivity contribution < 1.29 is 14.7 Å². The molecule has 3 atom stereocenters. The van der Waals surface area contributed by atoms with Crippen molar-refractivity contribution in [3.05, 3.63) is 0 Å². The number of carbonyl (C=O) groups excluding carboxylic acids is 1. The van der Waals surface area contributed by atoms with E-state index < -0.39 is 12.0 Å². The first kappa shape index (κ1) is 16.0. The Morgan fingerprint density at radius 3 is 2.53 bits per heavy atom. The second-order valence-electron chi connectivity index (χ2n) is 5.92. The lowest BCUT2D eigenvalue weighted by Gasteiger charge is -2.28. The largest absolute Gasteiger partial charge is 0.480 e. The van der Waals surface area contributed by atoms with E-state index in [0.29, 0.717) is 12.3 Å². The lowest BCUT2D eigenvalue weighted by atomic mass is 9.85. The highest BCUT2D eigenvalue weighted by molar-refractivity contribution is 5.83. The monoisotopic (exact) mass is 270 g/mol. The van der Waals surface area contributed by atoms with E-state index in [2.05, 4.69) is 17.6 Å². The summed E-state index contributed by atoms with van der Waals surface area (Å²) in [6.07, 6.45) is 2.71. The highest BCUT2D eigenvalue weighted by Gasteiger charge is 2.26. The summed E-state index contributed by atoms with van der Waals surface area (Å²) in [6.45, 7) is 7.69. The molecule has 1 rings (SSSR count). The Hall–Kier alpha value is -1.10. The fourth-order valence-electron chi connectivity index (χ4n) is 2.57. The zero-order valence-corrected chi connectivity index (χ0v) is 12.1.